The van der Waals surface area contributed by atoms with Crippen molar-refractivity contribution in [2.75, 3.05) is 12.4 Å². The van der Waals surface area contributed by atoms with E-state index in [1.807, 2.05) is 0 Å². The molecule has 0 aliphatic heterocycles. The van der Waals surface area contributed by atoms with Crippen molar-refractivity contribution in [2.24, 2.45) is 10.7 Å². The van der Waals surface area contributed by atoms with E-state index < -0.39 is 0 Å². The molecule has 2 rings (SSSR count). The minimum atomic E-state index is -0.232. The third-order valence-electron chi connectivity index (χ3n) is 2.68. The molecular weight excluding hydrogens is 258 g/mol. The number of amides is 1. The summed E-state index contributed by atoms with van der Waals surface area (Å²) in [5.74, 6) is -0.239. The number of hydrogen-bond donors (Lipinski definition) is 3. The summed E-state index contributed by atoms with van der Waals surface area (Å²) >= 11 is 0. The molecule has 0 radical (unpaired) electrons. The minimum absolute atomic E-state index is 0.00685. The lowest BCUT2D eigenvalue weighted by Crippen LogP contribution is -2.05. The number of nitrogens with one attached hydrogen (secondary N) is 1. The van der Waals surface area contributed by atoms with E-state index in [-0.39, 0.29) is 11.7 Å². The summed E-state index contributed by atoms with van der Waals surface area (Å²) in [4.78, 5) is 15.0. The van der Waals surface area contributed by atoms with E-state index in [0.717, 1.165) is 0 Å². The maximum Gasteiger partial charge on any atom is 0.221 e. The van der Waals surface area contributed by atoms with Crippen molar-refractivity contribution >= 4 is 28.9 Å². The molecule has 0 spiro atoms. The summed E-state index contributed by atoms with van der Waals surface area (Å²) in [7, 11) is 1.63. The van der Waals surface area contributed by atoms with E-state index in [2.05, 4.69) is 15.4 Å². The van der Waals surface area contributed by atoms with Gasteiger partial charge in [-0.2, -0.15) is 5.10 Å². The van der Waals surface area contributed by atoms with Crippen LogP contribution in [0.1, 0.15) is 12.5 Å². The van der Waals surface area contributed by atoms with Gasteiger partial charge < -0.3 is 16.2 Å². The van der Waals surface area contributed by atoms with Gasteiger partial charge in [-0.25, -0.2) is 4.52 Å². The second kappa shape index (κ2) is 5.43. The lowest BCUT2D eigenvalue weighted by Gasteiger charge is -2.06. The van der Waals surface area contributed by atoms with Crippen molar-refractivity contribution in [1.29, 1.82) is 0 Å². The second-order valence-corrected chi connectivity index (χ2v) is 4.16. The van der Waals surface area contributed by atoms with Gasteiger partial charge in [0.15, 0.2) is 0 Å². The monoisotopic (exact) mass is 273 g/mol. The second-order valence-electron chi connectivity index (χ2n) is 4.16. The number of hydrogen-bond acceptors (Lipinski definition) is 5. The number of carbonyl (C=O) groups is 1. The number of pyridine rings is 1. The fourth-order valence-electron chi connectivity index (χ4n) is 1.89. The van der Waals surface area contributed by atoms with Gasteiger partial charge in [0.25, 0.3) is 0 Å². The predicted octanol–water partition coefficient (Wildman–Crippen LogP) is 0.999. The molecule has 0 fully saturated rings. The third-order valence-corrected chi connectivity index (χ3v) is 2.68. The van der Waals surface area contributed by atoms with Gasteiger partial charge in [-0.1, -0.05) is 0 Å². The van der Waals surface area contributed by atoms with E-state index in [4.69, 9.17) is 5.73 Å². The highest BCUT2D eigenvalue weighted by atomic mass is 16.3. The molecule has 7 heteroatoms. The van der Waals surface area contributed by atoms with Gasteiger partial charge in [0, 0.05) is 43.7 Å². The van der Waals surface area contributed by atoms with E-state index in [1.54, 1.807) is 25.5 Å². The van der Waals surface area contributed by atoms with Gasteiger partial charge in [0.2, 0.25) is 5.91 Å². The van der Waals surface area contributed by atoms with Crippen LogP contribution >= 0.6 is 0 Å². The molecule has 2 aromatic heterocycles. The molecular formula is C13H15N5O2. The van der Waals surface area contributed by atoms with E-state index >= 15 is 0 Å². The van der Waals surface area contributed by atoms with Crippen molar-refractivity contribution in [3.63, 3.8) is 0 Å². The first kappa shape index (κ1) is 13.6. The highest BCUT2D eigenvalue weighted by molar-refractivity contribution is 6.10. The first-order chi connectivity index (χ1) is 9.56. The molecule has 2 aromatic rings. The van der Waals surface area contributed by atoms with Crippen LogP contribution in [0, 0.1) is 0 Å². The normalized spacial score (nSPS) is 12.2. The number of nitrogens with zero attached hydrogens (tertiary/aromatic N) is 3. The smallest absolute Gasteiger partial charge is 0.221 e. The number of allylic oxidation sites excluding steroid dienone is 1. The Morgan fingerprint density at radius 3 is 2.95 bits per heavy atom. The zero-order chi connectivity index (χ0) is 14.7. The Bertz CT molecular complexity index is 715. The highest BCUT2D eigenvalue weighted by Crippen LogP contribution is 2.29. The molecule has 0 aliphatic carbocycles. The molecule has 4 N–H and O–H groups in total. The van der Waals surface area contributed by atoms with Gasteiger partial charge >= 0.3 is 0 Å². The van der Waals surface area contributed by atoms with Gasteiger partial charge in [-0.15, -0.1) is 0 Å². The number of fused-ring (bicyclic) bond motifs is 1. The Kier molecular flexibility index (Phi) is 3.69. The fourth-order valence-corrected chi connectivity index (χ4v) is 1.89. The number of rotatable bonds is 3. The van der Waals surface area contributed by atoms with Crippen molar-refractivity contribution in [2.45, 2.75) is 6.92 Å². The summed E-state index contributed by atoms with van der Waals surface area (Å²) < 4.78 is 1.48. The van der Waals surface area contributed by atoms with Crippen LogP contribution < -0.4 is 11.1 Å². The number of anilines is 1. The number of aliphatic imine (C=N–C) groups is 1. The van der Waals surface area contributed by atoms with Crippen molar-refractivity contribution in [3.8, 4) is 5.75 Å². The van der Waals surface area contributed by atoms with Gasteiger partial charge in [-0.05, 0) is 6.07 Å². The first-order valence-electron chi connectivity index (χ1n) is 5.89. The van der Waals surface area contributed by atoms with Crippen molar-refractivity contribution in [1.82, 2.24) is 9.61 Å². The van der Waals surface area contributed by atoms with E-state index in [1.165, 1.54) is 23.8 Å². The zero-order valence-corrected chi connectivity index (χ0v) is 11.2. The maximum absolute atomic E-state index is 11.1. The first-order valence-corrected chi connectivity index (χ1v) is 5.89. The third kappa shape index (κ3) is 2.46. The summed E-state index contributed by atoms with van der Waals surface area (Å²) in [5.41, 5.74) is 7.73. The van der Waals surface area contributed by atoms with Crippen LogP contribution in [0.4, 0.5) is 5.69 Å². The van der Waals surface area contributed by atoms with Crippen LogP contribution in [-0.2, 0) is 4.79 Å². The van der Waals surface area contributed by atoms with Crippen LogP contribution in [0.2, 0.25) is 0 Å². The number of aromatic nitrogens is 2. The molecule has 0 saturated heterocycles. The Hall–Kier alpha value is -2.83. The van der Waals surface area contributed by atoms with Gasteiger partial charge in [-0.3, -0.25) is 9.79 Å². The minimum Gasteiger partial charge on any atom is -0.506 e. The molecule has 0 aliphatic rings. The van der Waals surface area contributed by atoms with Crippen LogP contribution in [0.5, 0.6) is 5.75 Å². The van der Waals surface area contributed by atoms with Crippen molar-refractivity contribution in [3.05, 3.63) is 30.2 Å². The Morgan fingerprint density at radius 2 is 2.35 bits per heavy atom. The average molecular weight is 273 g/mol. The summed E-state index contributed by atoms with van der Waals surface area (Å²) in [5, 5.41) is 16.8. The molecule has 2 heterocycles. The van der Waals surface area contributed by atoms with E-state index in [0.29, 0.717) is 22.3 Å². The fraction of sp³-hybridized carbons (Fsp3) is 0.154. The topological polar surface area (TPSA) is 105 Å². The average Bonchev–Trinajstić information content (AvgIpc) is 2.78. The van der Waals surface area contributed by atoms with Crippen molar-refractivity contribution < 1.29 is 9.90 Å². The molecule has 7 nitrogen and oxygen atoms in total. The van der Waals surface area contributed by atoms with Gasteiger partial charge in [0.1, 0.15) is 11.3 Å². The molecule has 0 aromatic carbocycles. The van der Waals surface area contributed by atoms with Crippen LogP contribution in [0.15, 0.2) is 29.7 Å². The molecule has 1 amide bonds. The summed E-state index contributed by atoms with van der Waals surface area (Å²) in [6.45, 7) is 1.39. The Morgan fingerprint density at radius 1 is 1.60 bits per heavy atom. The zero-order valence-electron chi connectivity index (χ0n) is 11.2. The quantitative estimate of drug-likeness (QED) is 0.725. The van der Waals surface area contributed by atoms with Crippen LogP contribution in [0.3, 0.4) is 0 Å². The SMILES string of the molecule is CN=CC(=CN)c1cc(O)c2c(NC(C)=O)cnn2c1. The lowest BCUT2D eigenvalue weighted by atomic mass is 10.1. The molecule has 20 heavy (non-hydrogen) atoms. The molecule has 0 bridgehead atoms. The maximum atomic E-state index is 11.1. The lowest BCUT2D eigenvalue weighted by molar-refractivity contribution is -0.114. The van der Waals surface area contributed by atoms with E-state index in [9.17, 15) is 9.90 Å². The standard InChI is InChI=1S/C13H15N5O2/c1-8(19)17-11-6-16-18-7-9(3-12(20)13(11)18)10(4-14)5-15-2/h3-7,20H,14H2,1-2H3,(H,17,19). The summed E-state index contributed by atoms with van der Waals surface area (Å²) in [6.07, 6.45) is 6.14. The number of carbonyl (C=O) groups excluding carboxylic acids is 1. The number of nitrogens with two attached hydrogens (primary N) is 1. The highest BCUT2D eigenvalue weighted by Gasteiger charge is 2.12. The predicted molar refractivity (Wildman–Crippen MR) is 77.7 cm³/mol. The number of aromatic hydroxyl groups is 1. The largest absolute Gasteiger partial charge is 0.506 e. The molecule has 104 valence electrons. The summed E-state index contributed by atoms with van der Waals surface area (Å²) in [6, 6.07) is 1.54. The molecule has 0 unspecified atom stereocenters. The van der Waals surface area contributed by atoms with Crippen LogP contribution in [-0.4, -0.2) is 33.9 Å². The van der Waals surface area contributed by atoms with Gasteiger partial charge in [0.05, 0.1) is 11.9 Å². The molecule has 0 saturated carbocycles. The Balaban J connectivity index is 2.57. The Labute approximate surface area is 115 Å². The molecule has 0 atom stereocenters. The van der Waals surface area contributed by atoms with Crippen LogP contribution in [0.25, 0.3) is 11.1 Å².